The van der Waals surface area contributed by atoms with Gasteiger partial charge in [-0.1, -0.05) is 12.1 Å². The first kappa shape index (κ1) is 10.0. The topological polar surface area (TPSA) is 55.5 Å². The minimum absolute atomic E-state index is 0.269. The fourth-order valence-corrected chi connectivity index (χ4v) is 1.20. The van der Waals surface area contributed by atoms with Gasteiger partial charge in [0.2, 0.25) is 0 Å². The zero-order valence-electron chi connectivity index (χ0n) is 7.95. The molecule has 0 radical (unpaired) electrons. The van der Waals surface area contributed by atoms with Crippen molar-refractivity contribution < 1.29 is 9.94 Å². The van der Waals surface area contributed by atoms with E-state index in [4.69, 9.17) is 10.7 Å². The highest BCUT2D eigenvalue weighted by atomic mass is 16.6. The fraction of sp³-hybridized carbons (Fsp3) is 0.400. The standard InChI is InChI=1S/C10H15NO2/c1-10(2,13-11)7-8-4-3-5-9(12)6-8/h3-6,12H,7,11H2,1-2H3. The molecular formula is C10H15NO2. The lowest BCUT2D eigenvalue weighted by molar-refractivity contribution is -0.0187. The lowest BCUT2D eigenvalue weighted by Crippen LogP contribution is -2.30. The number of benzene rings is 1. The van der Waals surface area contributed by atoms with Gasteiger partial charge in [-0.3, -0.25) is 4.84 Å². The summed E-state index contributed by atoms with van der Waals surface area (Å²) in [5.41, 5.74) is 0.615. The molecule has 0 aliphatic rings. The Morgan fingerprint density at radius 1 is 1.46 bits per heavy atom. The molecule has 1 aromatic carbocycles. The predicted molar refractivity (Wildman–Crippen MR) is 51.2 cm³/mol. The monoisotopic (exact) mass is 181 g/mol. The van der Waals surface area contributed by atoms with Crippen LogP contribution in [0.5, 0.6) is 5.75 Å². The molecular weight excluding hydrogens is 166 g/mol. The summed E-state index contributed by atoms with van der Waals surface area (Å²) in [7, 11) is 0. The molecule has 0 heterocycles. The second kappa shape index (κ2) is 3.77. The van der Waals surface area contributed by atoms with E-state index in [1.807, 2.05) is 19.9 Å². The maximum absolute atomic E-state index is 9.21. The molecule has 0 aliphatic heterocycles. The molecule has 0 saturated carbocycles. The summed E-state index contributed by atoms with van der Waals surface area (Å²) in [5.74, 6) is 5.40. The van der Waals surface area contributed by atoms with E-state index < -0.39 is 5.60 Å². The predicted octanol–water partition coefficient (Wildman–Crippen LogP) is 1.60. The van der Waals surface area contributed by atoms with Crippen LogP contribution in [0.25, 0.3) is 0 Å². The third-order valence-electron chi connectivity index (χ3n) is 1.86. The van der Waals surface area contributed by atoms with Gasteiger partial charge >= 0.3 is 0 Å². The Balaban J connectivity index is 2.74. The van der Waals surface area contributed by atoms with Crippen LogP contribution < -0.4 is 5.90 Å². The van der Waals surface area contributed by atoms with Crippen molar-refractivity contribution in [2.75, 3.05) is 0 Å². The van der Waals surface area contributed by atoms with Crippen molar-refractivity contribution in [1.82, 2.24) is 0 Å². The zero-order chi connectivity index (χ0) is 9.90. The minimum Gasteiger partial charge on any atom is -0.508 e. The average Bonchev–Trinajstić information content (AvgIpc) is 2.03. The van der Waals surface area contributed by atoms with E-state index in [2.05, 4.69) is 0 Å². The first-order chi connectivity index (χ1) is 6.03. The van der Waals surface area contributed by atoms with Crippen LogP contribution in [0.15, 0.2) is 24.3 Å². The molecule has 13 heavy (non-hydrogen) atoms. The van der Waals surface area contributed by atoms with Crippen molar-refractivity contribution in [3.8, 4) is 5.75 Å². The van der Waals surface area contributed by atoms with Gasteiger partial charge in [-0.25, -0.2) is 5.90 Å². The normalized spacial score (nSPS) is 11.6. The van der Waals surface area contributed by atoms with Gasteiger partial charge in [0, 0.05) is 6.42 Å². The van der Waals surface area contributed by atoms with E-state index in [9.17, 15) is 5.11 Å². The Hall–Kier alpha value is -1.06. The van der Waals surface area contributed by atoms with Gasteiger partial charge in [-0.15, -0.1) is 0 Å². The molecule has 0 amide bonds. The molecule has 3 heteroatoms. The number of nitrogens with two attached hydrogens (primary N) is 1. The lowest BCUT2D eigenvalue weighted by atomic mass is 9.98. The molecule has 1 rings (SSSR count). The quantitative estimate of drug-likeness (QED) is 0.696. The van der Waals surface area contributed by atoms with E-state index in [1.54, 1.807) is 18.2 Å². The fourth-order valence-electron chi connectivity index (χ4n) is 1.20. The Bertz CT molecular complexity index is 284. The van der Waals surface area contributed by atoms with E-state index in [1.165, 1.54) is 0 Å². The van der Waals surface area contributed by atoms with Crippen molar-refractivity contribution in [3.63, 3.8) is 0 Å². The minimum atomic E-state index is -0.395. The molecule has 0 unspecified atom stereocenters. The molecule has 72 valence electrons. The van der Waals surface area contributed by atoms with Crippen LogP contribution in [0.2, 0.25) is 0 Å². The largest absolute Gasteiger partial charge is 0.508 e. The van der Waals surface area contributed by atoms with Crippen LogP contribution >= 0.6 is 0 Å². The van der Waals surface area contributed by atoms with Crippen molar-refractivity contribution in [1.29, 1.82) is 0 Å². The van der Waals surface area contributed by atoms with Gasteiger partial charge in [0.05, 0.1) is 5.60 Å². The number of rotatable bonds is 3. The van der Waals surface area contributed by atoms with Crippen LogP contribution in [0.4, 0.5) is 0 Å². The summed E-state index contributed by atoms with van der Waals surface area (Å²) in [4.78, 5) is 4.80. The number of aromatic hydroxyl groups is 1. The van der Waals surface area contributed by atoms with E-state index >= 15 is 0 Å². The van der Waals surface area contributed by atoms with Crippen LogP contribution in [0.1, 0.15) is 19.4 Å². The molecule has 3 nitrogen and oxygen atoms in total. The summed E-state index contributed by atoms with van der Waals surface area (Å²) in [5, 5.41) is 9.21. The van der Waals surface area contributed by atoms with Crippen molar-refractivity contribution in [2.45, 2.75) is 25.9 Å². The van der Waals surface area contributed by atoms with Gasteiger partial charge in [0.25, 0.3) is 0 Å². The number of hydrogen-bond acceptors (Lipinski definition) is 3. The number of phenols is 1. The molecule has 0 atom stereocenters. The Morgan fingerprint density at radius 2 is 2.15 bits per heavy atom. The van der Waals surface area contributed by atoms with Crippen molar-refractivity contribution >= 4 is 0 Å². The smallest absolute Gasteiger partial charge is 0.115 e. The number of phenolic OH excluding ortho intramolecular Hbond substituents is 1. The molecule has 0 bridgehead atoms. The molecule has 0 aromatic heterocycles. The Labute approximate surface area is 78.1 Å². The summed E-state index contributed by atoms with van der Waals surface area (Å²) in [6, 6.07) is 7.08. The van der Waals surface area contributed by atoms with E-state index in [-0.39, 0.29) is 5.75 Å². The third-order valence-corrected chi connectivity index (χ3v) is 1.86. The Morgan fingerprint density at radius 3 is 2.69 bits per heavy atom. The molecule has 0 saturated heterocycles. The maximum atomic E-state index is 9.21. The summed E-state index contributed by atoms with van der Waals surface area (Å²) in [6.45, 7) is 3.80. The number of hydrogen-bond donors (Lipinski definition) is 2. The third kappa shape index (κ3) is 3.05. The van der Waals surface area contributed by atoms with Gasteiger partial charge in [-0.05, 0) is 31.5 Å². The van der Waals surface area contributed by atoms with Crippen LogP contribution in [-0.4, -0.2) is 10.7 Å². The molecule has 0 aliphatic carbocycles. The maximum Gasteiger partial charge on any atom is 0.115 e. The van der Waals surface area contributed by atoms with Gasteiger partial charge in [0.15, 0.2) is 0 Å². The van der Waals surface area contributed by atoms with Crippen molar-refractivity contribution in [2.24, 2.45) is 5.90 Å². The summed E-state index contributed by atoms with van der Waals surface area (Å²) in [6.07, 6.45) is 0.678. The summed E-state index contributed by atoms with van der Waals surface area (Å²) >= 11 is 0. The molecule has 1 aromatic rings. The second-order valence-corrected chi connectivity index (χ2v) is 3.72. The van der Waals surface area contributed by atoms with Crippen LogP contribution in [-0.2, 0) is 11.3 Å². The molecule has 0 fully saturated rings. The average molecular weight is 181 g/mol. The van der Waals surface area contributed by atoms with Crippen molar-refractivity contribution in [3.05, 3.63) is 29.8 Å². The highest BCUT2D eigenvalue weighted by molar-refractivity contribution is 5.27. The van der Waals surface area contributed by atoms with E-state index in [0.717, 1.165) is 5.56 Å². The highest BCUT2D eigenvalue weighted by Crippen LogP contribution is 2.18. The van der Waals surface area contributed by atoms with Gasteiger partial charge < -0.3 is 5.11 Å². The highest BCUT2D eigenvalue weighted by Gasteiger charge is 2.17. The Kier molecular flexibility index (Phi) is 2.90. The van der Waals surface area contributed by atoms with Crippen LogP contribution in [0.3, 0.4) is 0 Å². The molecule has 0 spiro atoms. The molecule has 3 N–H and O–H groups in total. The van der Waals surface area contributed by atoms with Gasteiger partial charge in [-0.2, -0.15) is 0 Å². The second-order valence-electron chi connectivity index (χ2n) is 3.72. The zero-order valence-corrected chi connectivity index (χ0v) is 7.95. The lowest BCUT2D eigenvalue weighted by Gasteiger charge is -2.21. The van der Waals surface area contributed by atoms with Gasteiger partial charge in [0.1, 0.15) is 5.75 Å². The first-order valence-corrected chi connectivity index (χ1v) is 4.19. The first-order valence-electron chi connectivity index (χ1n) is 4.19. The van der Waals surface area contributed by atoms with Crippen LogP contribution in [0, 0.1) is 0 Å². The summed E-state index contributed by atoms with van der Waals surface area (Å²) < 4.78 is 0. The SMILES string of the molecule is CC(C)(Cc1cccc(O)c1)ON. The van der Waals surface area contributed by atoms with E-state index in [0.29, 0.717) is 6.42 Å².